The molecule has 0 spiro atoms. The van der Waals surface area contributed by atoms with E-state index in [0.29, 0.717) is 110 Å². The summed E-state index contributed by atoms with van der Waals surface area (Å²) in [5, 5.41) is 92.7. The Balaban J connectivity index is 1.54. The van der Waals surface area contributed by atoms with Crippen molar-refractivity contribution in [1.29, 1.82) is 0 Å². The molecule has 3 rings (SSSR count). The minimum absolute atomic E-state index is 0.0683. The molecule has 10 N–H and O–H groups in total. The zero-order valence-electron chi connectivity index (χ0n) is 77.8. The molecule has 20 heteroatoms. The van der Waals surface area contributed by atoms with E-state index in [1.54, 1.807) is 0 Å². The number of allylic oxidation sites excluding steroid dienone is 8. The van der Waals surface area contributed by atoms with Gasteiger partial charge in [-0.05, 0) is 159 Å². The van der Waals surface area contributed by atoms with Crippen LogP contribution in [0.5, 0.6) is 0 Å². The van der Waals surface area contributed by atoms with Crippen LogP contribution in [0.3, 0.4) is 0 Å². The Hall–Kier alpha value is -1.53. The van der Waals surface area contributed by atoms with E-state index in [1.807, 2.05) is 0 Å². The molecule has 1 saturated heterocycles. The van der Waals surface area contributed by atoms with Crippen LogP contribution in [-0.2, 0) is 42.0 Å². The Morgan fingerprint density at radius 3 is 1.04 bits per heavy atom. The molecule has 0 aromatic carbocycles. The highest BCUT2D eigenvalue weighted by atomic mass is 31.2. The second-order valence-electron chi connectivity index (χ2n) is 39.5. The fourth-order valence-corrected chi connectivity index (χ4v) is 18.0. The van der Waals surface area contributed by atoms with Gasteiger partial charge in [0.1, 0.15) is 73.2 Å². The first kappa shape index (κ1) is 111. The summed E-state index contributed by atoms with van der Waals surface area (Å²) in [6, 6.07) is 0. The van der Waals surface area contributed by atoms with Gasteiger partial charge in [-0.25, -0.2) is 4.57 Å². The Bertz CT molecular complexity index is 2560. The number of aliphatic hydroxyl groups excluding tert-OH is 9. The molecule has 1 aliphatic carbocycles. The molecule has 2 heterocycles. The van der Waals surface area contributed by atoms with Gasteiger partial charge in [0, 0.05) is 26.4 Å². The molecule has 0 radical (unpaired) electrons. The topological polar surface area (TPSA) is 293 Å². The van der Waals surface area contributed by atoms with Crippen molar-refractivity contribution in [2.75, 3.05) is 59.5 Å². The van der Waals surface area contributed by atoms with Crippen LogP contribution >= 0.6 is 7.82 Å². The summed E-state index contributed by atoms with van der Waals surface area (Å²) < 4.78 is 60.5. The van der Waals surface area contributed by atoms with Gasteiger partial charge in [-0.3, -0.25) is 9.05 Å². The monoisotopic (exact) mass is 1700 g/mol. The largest absolute Gasteiger partial charge is 0.472 e. The van der Waals surface area contributed by atoms with E-state index in [-0.39, 0.29) is 19.8 Å². The first-order valence-electron chi connectivity index (χ1n) is 48.2. The SMILES string of the molecule is C[C@@H]1CCC[C@H](C)CCC[C@H](C)CC[C@@H](C)/C=C/C[C@@H](C)/C=C/C[C@@H](C)CCC[C@@H](C)CCOC[C@@H](CO[C@@H]2O[C@H](CO)[C@@H](O)[C@H](O)[C@H]2O)OCC[C@@H](C)CCC[C@H](C)CCC[C@H](C)/C=C/C[C@@H](C)/C=C/[C@@H](C)CCC[C@@H](C)CCC[C@@H](C)CCC[C@@H](C)CCO[C@H](COP(=O)(O)OC2[C@H](O)[C@H](O)C(O)[C@H](O)[C@H]2O)COCC[C@H](C)CCC1. The minimum Gasteiger partial charge on any atom is -0.394 e. The van der Waals surface area contributed by atoms with Gasteiger partial charge in [-0.1, -0.05) is 326 Å². The Labute approximate surface area is 721 Å². The maximum Gasteiger partial charge on any atom is 0.472 e. The average Bonchev–Trinajstić information content (AvgIpc) is 0.792. The van der Waals surface area contributed by atoms with Crippen LogP contribution in [0.4, 0.5) is 0 Å². The first-order chi connectivity index (χ1) is 56.2. The molecule has 19 nitrogen and oxygen atoms in total. The second-order valence-corrected chi connectivity index (χ2v) is 40.9. The van der Waals surface area contributed by atoms with Crippen molar-refractivity contribution in [3.8, 4) is 0 Å². The zero-order chi connectivity index (χ0) is 87.4. The third kappa shape index (κ3) is 51.9. The van der Waals surface area contributed by atoms with Gasteiger partial charge in [0.25, 0.3) is 0 Å². The number of aliphatic hydroxyl groups is 9. The predicted molar refractivity (Wildman–Crippen MR) is 481 cm³/mol. The summed E-state index contributed by atoms with van der Waals surface area (Å²) in [5.41, 5.74) is 0. The highest BCUT2D eigenvalue weighted by Gasteiger charge is 2.52. The summed E-state index contributed by atoms with van der Waals surface area (Å²) in [4.78, 5) is 10.8. The van der Waals surface area contributed by atoms with E-state index in [4.69, 9.17) is 37.5 Å². The van der Waals surface area contributed by atoms with Crippen molar-refractivity contribution in [3.05, 3.63) is 48.6 Å². The third-order valence-electron chi connectivity index (χ3n) is 26.4. The fraction of sp³-hybridized carbons (Fsp3) is 0.918. The molecule has 0 bridgehead atoms. The Morgan fingerprint density at radius 1 is 0.322 bits per heavy atom. The maximum atomic E-state index is 13.2. The lowest BCUT2D eigenvalue weighted by atomic mass is 9.85. The number of rotatable bonds is 9. The van der Waals surface area contributed by atoms with Crippen LogP contribution in [0.25, 0.3) is 0 Å². The summed E-state index contributed by atoms with van der Waals surface area (Å²) >= 11 is 0. The van der Waals surface area contributed by atoms with Gasteiger partial charge in [0.15, 0.2) is 6.29 Å². The van der Waals surface area contributed by atoms with Crippen LogP contribution in [0.1, 0.15) is 342 Å². The van der Waals surface area contributed by atoms with Crippen molar-refractivity contribution < 1.29 is 92.9 Å². The summed E-state index contributed by atoms with van der Waals surface area (Å²) in [7, 11) is -4.98. The number of phosphoric acid groups is 1. The van der Waals surface area contributed by atoms with E-state index in [0.717, 1.165) is 94.8 Å². The molecule has 0 amide bonds. The van der Waals surface area contributed by atoms with Crippen molar-refractivity contribution >= 4 is 7.82 Å². The standard InChI is InChI=1S/C98H185O19P/c1-70-29-17-33-74(5)41-25-49-82(13)57-61-110-66-86(68-114-98-96(107)90(101)89(100)88(65-99)116-98)112-63-59-84(15)51-27-43-76(7)35-19-31-72(3)39-23-47-80(11)55-56-81(12)48-24-40-73(4)32-20-36-77(8)44-28-52-85(16)60-64-113-87(69-115-118(108,109)117-97-94(105)92(103)91(102)93(104)95(97)106)67-111-62-58-83(14)50-26-42-75(6)34-18-30-71(2)38-22-46-79(10)54-53-78(9)45-21-37-70/h17,21,23,29,39,45,55-56,70-107H,18-20,22,24-28,30-38,40-44,46-54,57-69H2,1-16H3,(H,108,109)/b29-17+,39-23+,45-21+,56-55+/t70-,71-,72-,73-,74+,75+,76+,77+,78-,79-,80+,81-,82+,83+,84-,85+,86-,87-,88+,89+,90-,91?,92-,93+,94+,95+,96+,97?,98+/m0/s1. The lowest BCUT2D eigenvalue weighted by molar-refractivity contribution is -0.306. The van der Waals surface area contributed by atoms with Gasteiger partial charge in [0.05, 0.1) is 33.0 Å². The van der Waals surface area contributed by atoms with Gasteiger partial charge in [-0.2, -0.15) is 0 Å². The molecule has 1 saturated carbocycles. The summed E-state index contributed by atoms with van der Waals surface area (Å²) in [5.74, 6) is 9.51. The summed E-state index contributed by atoms with van der Waals surface area (Å²) in [6.07, 6.45) is 42.1. The summed E-state index contributed by atoms with van der Waals surface area (Å²) in [6.45, 7) is 39.4. The molecular weight excluding hydrogens is 1510 g/mol. The van der Waals surface area contributed by atoms with Crippen LogP contribution < -0.4 is 0 Å². The van der Waals surface area contributed by atoms with E-state index in [1.165, 1.54) is 154 Å². The molecule has 2 fully saturated rings. The van der Waals surface area contributed by atoms with Crippen molar-refractivity contribution in [1.82, 2.24) is 0 Å². The lowest BCUT2D eigenvalue weighted by Crippen LogP contribution is -2.64. The van der Waals surface area contributed by atoms with Crippen molar-refractivity contribution in [3.63, 3.8) is 0 Å². The van der Waals surface area contributed by atoms with Gasteiger partial charge >= 0.3 is 7.82 Å². The molecule has 0 aromatic heterocycles. The van der Waals surface area contributed by atoms with Gasteiger partial charge in [-0.15, -0.1) is 0 Å². The second kappa shape index (κ2) is 65.1. The molecule has 0 aromatic rings. The number of phosphoric ester groups is 1. The van der Waals surface area contributed by atoms with E-state index >= 15 is 0 Å². The Kier molecular flexibility index (Phi) is 61.0. The zero-order valence-corrected chi connectivity index (χ0v) is 78.7. The lowest BCUT2D eigenvalue weighted by Gasteiger charge is -2.41. The number of hydrogen-bond donors (Lipinski definition) is 10. The number of ether oxygens (including phenoxy) is 6. The third-order valence-corrected chi connectivity index (χ3v) is 27.4. The van der Waals surface area contributed by atoms with Gasteiger partial charge < -0.3 is 79.3 Å². The average molecular weight is 1700 g/mol. The van der Waals surface area contributed by atoms with Crippen molar-refractivity contribution in [2.45, 2.75) is 421 Å². The molecule has 3 unspecified atom stereocenters. The number of hydrogen-bond acceptors (Lipinski definition) is 18. The quantitative estimate of drug-likeness (QED) is 0.0758. The molecular formula is C98H185O19P. The van der Waals surface area contributed by atoms with Crippen LogP contribution in [0.15, 0.2) is 48.6 Å². The van der Waals surface area contributed by atoms with E-state index in [9.17, 15) is 55.4 Å². The first-order valence-corrected chi connectivity index (χ1v) is 49.7. The smallest absolute Gasteiger partial charge is 0.394 e. The molecule has 30 atom stereocenters. The van der Waals surface area contributed by atoms with Gasteiger partial charge in [0.2, 0.25) is 0 Å². The maximum absolute atomic E-state index is 13.2. The normalized spacial score (nSPS) is 40.4. The molecule has 3 aliphatic rings. The highest BCUT2D eigenvalue weighted by Crippen LogP contribution is 2.47. The van der Waals surface area contributed by atoms with Crippen LogP contribution in [0.2, 0.25) is 0 Å². The predicted octanol–water partition coefficient (Wildman–Crippen LogP) is 20.4. The fourth-order valence-electron chi connectivity index (χ4n) is 17.1. The molecule has 2 aliphatic heterocycles. The highest BCUT2D eigenvalue weighted by molar-refractivity contribution is 7.47. The minimum atomic E-state index is -4.98. The van der Waals surface area contributed by atoms with Crippen LogP contribution in [0, 0.1) is 94.7 Å². The van der Waals surface area contributed by atoms with E-state index < -0.39 is 94.0 Å². The Morgan fingerprint density at radius 2 is 0.627 bits per heavy atom. The molecule has 696 valence electrons. The van der Waals surface area contributed by atoms with Crippen LogP contribution in [-0.4, -0.2) is 190 Å². The molecule has 118 heavy (non-hydrogen) atoms. The van der Waals surface area contributed by atoms with E-state index in [2.05, 4.69) is 159 Å². The van der Waals surface area contributed by atoms with Crippen molar-refractivity contribution in [2.24, 2.45) is 94.7 Å².